The lowest BCUT2D eigenvalue weighted by atomic mass is 10.1. The van der Waals surface area contributed by atoms with Crippen molar-refractivity contribution in [2.24, 2.45) is 0 Å². The molecule has 1 nitrogen and oxygen atoms in total. The standard InChI is InChI=1S/C10H9BrClNS/c1-2-14-10(11,7-13)8-5-3-4-6-9(8)12/h3-6H,2H2,1H3. The summed E-state index contributed by atoms with van der Waals surface area (Å²) in [5.74, 6) is 0.851. The van der Waals surface area contributed by atoms with Crippen molar-refractivity contribution in [2.45, 2.75) is 10.6 Å². The third-order valence-electron chi connectivity index (χ3n) is 1.71. The van der Waals surface area contributed by atoms with Crippen LogP contribution in [-0.2, 0) is 3.66 Å². The molecule has 0 amide bonds. The number of rotatable bonds is 3. The normalized spacial score (nSPS) is 14.4. The molecule has 0 heterocycles. The summed E-state index contributed by atoms with van der Waals surface area (Å²) in [5.41, 5.74) is 0.816. The van der Waals surface area contributed by atoms with Crippen LogP contribution in [-0.4, -0.2) is 5.75 Å². The summed E-state index contributed by atoms with van der Waals surface area (Å²) >= 11 is 11.0. The Labute approximate surface area is 102 Å². The third kappa shape index (κ3) is 2.44. The van der Waals surface area contributed by atoms with Gasteiger partial charge in [-0.15, -0.1) is 11.8 Å². The Bertz CT molecular complexity index is 363. The summed E-state index contributed by atoms with van der Waals surface area (Å²) in [5, 5.41) is 9.74. The predicted octanol–water partition coefficient (Wildman–Crippen LogP) is 4.16. The molecule has 0 saturated carbocycles. The van der Waals surface area contributed by atoms with E-state index in [2.05, 4.69) is 22.0 Å². The number of hydrogen-bond acceptors (Lipinski definition) is 2. The van der Waals surface area contributed by atoms with Crippen LogP contribution in [0.15, 0.2) is 24.3 Å². The van der Waals surface area contributed by atoms with Gasteiger partial charge in [0.05, 0.1) is 6.07 Å². The first-order valence-corrected chi connectivity index (χ1v) is 6.29. The maximum Gasteiger partial charge on any atom is 0.183 e. The molecule has 0 bridgehead atoms. The molecular weight excluding hydrogens is 282 g/mol. The van der Waals surface area contributed by atoms with Crippen LogP contribution in [0.5, 0.6) is 0 Å². The second kappa shape index (κ2) is 5.06. The number of nitrogens with zero attached hydrogens (tertiary/aromatic N) is 1. The highest BCUT2D eigenvalue weighted by atomic mass is 79.9. The van der Waals surface area contributed by atoms with Crippen molar-refractivity contribution in [1.82, 2.24) is 0 Å². The molecule has 1 atom stereocenters. The summed E-state index contributed by atoms with van der Waals surface area (Å²) in [6.07, 6.45) is 0. The Kier molecular flexibility index (Phi) is 4.31. The molecule has 0 aliphatic rings. The van der Waals surface area contributed by atoms with Gasteiger partial charge in [-0.1, -0.05) is 52.7 Å². The minimum atomic E-state index is -0.722. The Hall–Kier alpha value is -0.170. The Morgan fingerprint density at radius 3 is 2.71 bits per heavy atom. The van der Waals surface area contributed by atoms with E-state index in [4.69, 9.17) is 16.9 Å². The highest BCUT2D eigenvalue weighted by Gasteiger charge is 2.30. The number of thioether (sulfide) groups is 1. The van der Waals surface area contributed by atoms with Crippen LogP contribution >= 0.6 is 39.3 Å². The van der Waals surface area contributed by atoms with Crippen LogP contribution < -0.4 is 0 Å². The van der Waals surface area contributed by atoms with Gasteiger partial charge in [-0.3, -0.25) is 0 Å². The number of benzene rings is 1. The largest absolute Gasteiger partial charge is 0.195 e. The van der Waals surface area contributed by atoms with Crippen molar-refractivity contribution < 1.29 is 0 Å². The molecule has 14 heavy (non-hydrogen) atoms. The van der Waals surface area contributed by atoms with Gasteiger partial charge in [-0.05, 0) is 11.8 Å². The van der Waals surface area contributed by atoms with Gasteiger partial charge < -0.3 is 0 Å². The Balaban J connectivity index is 3.14. The van der Waals surface area contributed by atoms with E-state index in [0.29, 0.717) is 5.02 Å². The monoisotopic (exact) mass is 289 g/mol. The van der Waals surface area contributed by atoms with E-state index in [1.165, 1.54) is 11.8 Å². The summed E-state index contributed by atoms with van der Waals surface area (Å²) in [7, 11) is 0. The van der Waals surface area contributed by atoms with Crippen molar-refractivity contribution in [3.63, 3.8) is 0 Å². The summed E-state index contributed by atoms with van der Waals surface area (Å²) in [6.45, 7) is 2.01. The fourth-order valence-electron chi connectivity index (χ4n) is 1.09. The molecule has 1 unspecified atom stereocenters. The smallest absolute Gasteiger partial charge is 0.183 e. The van der Waals surface area contributed by atoms with E-state index in [-0.39, 0.29) is 0 Å². The SMILES string of the molecule is CCSC(Br)(C#N)c1ccccc1Cl. The van der Waals surface area contributed by atoms with E-state index in [1.54, 1.807) is 6.07 Å². The first-order valence-electron chi connectivity index (χ1n) is 4.13. The molecule has 0 saturated heterocycles. The quantitative estimate of drug-likeness (QED) is 0.780. The van der Waals surface area contributed by atoms with Gasteiger partial charge in [0.25, 0.3) is 0 Å². The molecule has 0 aliphatic carbocycles. The lowest BCUT2D eigenvalue weighted by molar-refractivity contribution is 1.16. The zero-order chi connectivity index (χ0) is 10.6. The van der Waals surface area contributed by atoms with Crippen molar-refractivity contribution in [2.75, 3.05) is 5.75 Å². The molecule has 0 N–H and O–H groups in total. The van der Waals surface area contributed by atoms with Gasteiger partial charge in [-0.25, -0.2) is 0 Å². The number of hydrogen-bond donors (Lipinski definition) is 0. The second-order valence-corrected chi connectivity index (χ2v) is 6.22. The molecule has 1 aromatic rings. The van der Waals surface area contributed by atoms with Crippen LogP contribution in [0, 0.1) is 11.3 Å². The maximum atomic E-state index is 9.12. The van der Waals surface area contributed by atoms with Gasteiger partial charge in [-0.2, -0.15) is 5.26 Å². The van der Waals surface area contributed by atoms with Gasteiger partial charge in [0, 0.05) is 10.6 Å². The van der Waals surface area contributed by atoms with Crippen LogP contribution in [0.4, 0.5) is 0 Å². The minimum absolute atomic E-state index is 0.617. The average Bonchev–Trinajstić information content (AvgIpc) is 2.18. The number of alkyl halides is 1. The fraction of sp³-hybridized carbons (Fsp3) is 0.300. The number of halogens is 2. The predicted molar refractivity (Wildman–Crippen MR) is 65.8 cm³/mol. The zero-order valence-electron chi connectivity index (χ0n) is 7.63. The molecule has 0 radical (unpaired) electrons. The van der Waals surface area contributed by atoms with E-state index >= 15 is 0 Å². The lowest BCUT2D eigenvalue weighted by Crippen LogP contribution is -2.11. The molecule has 1 rings (SSSR count). The summed E-state index contributed by atoms with van der Waals surface area (Å²) in [6, 6.07) is 9.62. The number of nitriles is 1. The molecule has 0 fully saturated rings. The van der Waals surface area contributed by atoms with E-state index in [1.807, 2.05) is 25.1 Å². The average molecular weight is 291 g/mol. The van der Waals surface area contributed by atoms with Gasteiger partial charge in [0.1, 0.15) is 0 Å². The van der Waals surface area contributed by atoms with E-state index in [9.17, 15) is 0 Å². The van der Waals surface area contributed by atoms with Crippen molar-refractivity contribution >= 4 is 39.3 Å². The van der Waals surface area contributed by atoms with Gasteiger partial charge in [0.2, 0.25) is 0 Å². The van der Waals surface area contributed by atoms with Crippen LogP contribution in [0.3, 0.4) is 0 Å². The van der Waals surface area contributed by atoms with E-state index < -0.39 is 3.66 Å². The van der Waals surface area contributed by atoms with Crippen molar-refractivity contribution in [3.05, 3.63) is 34.9 Å². The van der Waals surface area contributed by atoms with Crippen molar-refractivity contribution in [3.8, 4) is 6.07 Å². The van der Waals surface area contributed by atoms with Gasteiger partial charge in [0.15, 0.2) is 3.66 Å². The van der Waals surface area contributed by atoms with Crippen LogP contribution in [0.1, 0.15) is 12.5 Å². The fourth-order valence-corrected chi connectivity index (χ4v) is 3.37. The summed E-state index contributed by atoms with van der Waals surface area (Å²) < 4.78 is -0.722. The third-order valence-corrected chi connectivity index (χ3v) is 4.33. The molecular formula is C10H9BrClNS. The van der Waals surface area contributed by atoms with Crippen LogP contribution in [0.25, 0.3) is 0 Å². The first kappa shape index (κ1) is 11.9. The van der Waals surface area contributed by atoms with Crippen molar-refractivity contribution in [1.29, 1.82) is 5.26 Å². The maximum absolute atomic E-state index is 9.12. The molecule has 4 heteroatoms. The highest BCUT2D eigenvalue weighted by Crippen LogP contribution is 2.44. The highest BCUT2D eigenvalue weighted by molar-refractivity contribution is 9.11. The minimum Gasteiger partial charge on any atom is -0.195 e. The first-order chi connectivity index (χ1) is 6.64. The Morgan fingerprint density at radius 1 is 1.57 bits per heavy atom. The second-order valence-electron chi connectivity index (χ2n) is 2.62. The Morgan fingerprint density at radius 2 is 2.21 bits per heavy atom. The topological polar surface area (TPSA) is 23.8 Å². The van der Waals surface area contributed by atoms with E-state index in [0.717, 1.165) is 11.3 Å². The molecule has 0 spiro atoms. The lowest BCUT2D eigenvalue weighted by Gasteiger charge is -2.19. The zero-order valence-corrected chi connectivity index (χ0v) is 10.8. The molecule has 74 valence electrons. The molecule has 1 aromatic carbocycles. The molecule has 0 aromatic heterocycles. The summed E-state index contributed by atoms with van der Waals surface area (Å²) in [4.78, 5) is 0. The molecule has 0 aliphatic heterocycles. The van der Waals surface area contributed by atoms with Gasteiger partial charge >= 0.3 is 0 Å². The van der Waals surface area contributed by atoms with Crippen LogP contribution in [0.2, 0.25) is 5.02 Å².